The van der Waals surface area contributed by atoms with Crippen molar-refractivity contribution in [3.8, 4) is 0 Å². The molecule has 0 amide bonds. The minimum absolute atomic E-state index is 0.104. The smallest absolute Gasteiger partial charge is 0.462 e. The second-order valence-corrected chi connectivity index (χ2v) is 32.3. The molecule has 0 aliphatic rings. The number of hydrogen-bond donors (Lipinski definition) is 3. The molecule has 0 spiro atoms. The van der Waals surface area contributed by atoms with Crippen LogP contribution in [0, 0.1) is 17.8 Å². The van der Waals surface area contributed by atoms with Crippen LogP contribution in [0.15, 0.2) is 0 Å². The van der Waals surface area contributed by atoms with Crippen molar-refractivity contribution in [3.63, 3.8) is 0 Å². The molecule has 582 valence electrons. The Labute approximate surface area is 600 Å². The van der Waals surface area contributed by atoms with E-state index in [0.29, 0.717) is 25.7 Å². The van der Waals surface area contributed by atoms with Gasteiger partial charge in [-0.3, -0.25) is 37.3 Å². The summed E-state index contributed by atoms with van der Waals surface area (Å²) < 4.78 is 68.6. The first-order chi connectivity index (χ1) is 47.3. The molecule has 98 heavy (non-hydrogen) atoms. The molecule has 0 aliphatic carbocycles. The molecule has 0 aliphatic heterocycles. The van der Waals surface area contributed by atoms with Gasteiger partial charge in [0, 0.05) is 25.7 Å². The fourth-order valence-electron chi connectivity index (χ4n) is 12.1. The van der Waals surface area contributed by atoms with E-state index >= 15 is 0 Å². The highest BCUT2D eigenvalue weighted by molar-refractivity contribution is 7.47. The SMILES string of the molecule is CCCCCCCCCCCCCCCCCCCCC(=O)OC[C@H](COP(=O)(O)OC[C@@H](O)COP(=O)(O)OC[C@@H](COC(=O)CCCCCCCCC(C)CC)OC(=O)CCCCCCCCCCC(C)CC)OC(=O)CCCCCCCCCCCCCCCCCC(C)C. The van der Waals surface area contributed by atoms with Gasteiger partial charge in [0.05, 0.1) is 26.4 Å². The zero-order valence-corrected chi connectivity index (χ0v) is 66.0. The van der Waals surface area contributed by atoms with Crippen LogP contribution in [-0.2, 0) is 65.4 Å². The van der Waals surface area contributed by atoms with Gasteiger partial charge in [-0.2, -0.15) is 0 Å². The molecule has 0 rings (SSSR count). The standard InChI is InChI=1S/C79H154O17P2/c1-8-11-12-13-14-15-16-17-18-19-20-23-26-29-32-38-46-53-60-76(81)89-66-74(95-78(83)62-55-48-39-33-30-27-24-21-22-25-28-31-36-43-50-57-70(4)5)68-93-97(85,86)91-64-73(80)65-92-98(87,88)94-69-75(67-90-77(82)61-54-47-42-41-45-52-59-72(7)10-3)96-79(84)63-56-49-40-35-34-37-44-51-58-71(6)9-2/h70-75,80H,8-69H2,1-7H3,(H,85,86)(H,87,88)/t71?,72?,73-,74-,75-/m1/s1. The summed E-state index contributed by atoms with van der Waals surface area (Å²) in [6.07, 6.45) is 56.9. The summed E-state index contributed by atoms with van der Waals surface area (Å²) in [4.78, 5) is 72.9. The van der Waals surface area contributed by atoms with Crippen molar-refractivity contribution in [2.24, 2.45) is 17.8 Å². The van der Waals surface area contributed by atoms with Crippen LogP contribution < -0.4 is 0 Å². The lowest BCUT2D eigenvalue weighted by atomic mass is 9.99. The summed E-state index contributed by atoms with van der Waals surface area (Å²) >= 11 is 0. The summed E-state index contributed by atoms with van der Waals surface area (Å²) in [5.74, 6) is 0.186. The Bertz CT molecular complexity index is 1910. The maximum Gasteiger partial charge on any atom is 0.472 e. The van der Waals surface area contributed by atoms with E-state index in [4.69, 9.17) is 37.0 Å². The number of unbranched alkanes of at least 4 members (excludes halogenated alkanes) is 43. The van der Waals surface area contributed by atoms with Gasteiger partial charge in [0.15, 0.2) is 12.2 Å². The summed E-state index contributed by atoms with van der Waals surface area (Å²) in [5.41, 5.74) is 0. The number of esters is 4. The molecule has 0 heterocycles. The fraction of sp³-hybridized carbons (Fsp3) is 0.949. The number of aliphatic hydroxyl groups excluding tert-OH is 1. The lowest BCUT2D eigenvalue weighted by Gasteiger charge is -2.21. The highest BCUT2D eigenvalue weighted by Crippen LogP contribution is 2.45. The molecular formula is C79H154O17P2. The zero-order chi connectivity index (χ0) is 72.3. The third-order valence-corrected chi connectivity index (χ3v) is 21.0. The molecule has 0 aromatic heterocycles. The van der Waals surface area contributed by atoms with Crippen LogP contribution in [0.1, 0.15) is 408 Å². The van der Waals surface area contributed by atoms with E-state index in [1.165, 1.54) is 212 Å². The zero-order valence-electron chi connectivity index (χ0n) is 64.3. The van der Waals surface area contributed by atoms with Crippen molar-refractivity contribution < 1.29 is 80.2 Å². The summed E-state index contributed by atoms with van der Waals surface area (Å²) in [7, 11) is -9.92. The Balaban J connectivity index is 5.24. The molecular weight excluding hydrogens is 1280 g/mol. The van der Waals surface area contributed by atoms with Crippen molar-refractivity contribution >= 4 is 39.5 Å². The quantitative estimate of drug-likeness (QED) is 0.0222. The molecule has 0 fully saturated rings. The number of phosphoric ester groups is 2. The Hall–Kier alpha value is -1.94. The van der Waals surface area contributed by atoms with E-state index in [1.54, 1.807) is 0 Å². The fourth-order valence-corrected chi connectivity index (χ4v) is 13.6. The largest absolute Gasteiger partial charge is 0.472 e. The molecule has 4 unspecified atom stereocenters. The average Bonchev–Trinajstić information content (AvgIpc) is 1.01. The van der Waals surface area contributed by atoms with Crippen molar-refractivity contribution in [1.29, 1.82) is 0 Å². The van der Waals surface area contributed by atoms with Crippen LogP contribution in [0.3, 0.4) is 0 Å². The minimum Gasteiger partial charge on any atom is -0.462 e. The number of rotatable bonds is 77. The van der Waals surface area contributed by atoms with Gasteiger partial charge >= 0.3 is 39.5 Å². The van der Waals surface area contributed by atoms with E-state index < -0.39 is 97.5 Å². The number of phosphoric acid groups is 2. The second-order valence-electron chi connectivity index (χ2n) is 29.4. The number of ether oxygens (including phenoxy) is 4. The van der Waals surface area contributed by atoms with E-state index in [1.807, 2.05) is 0 Å². The van der Waals surface area contributed by atoms with E-state index in [9.17, 15) is 43.2 Å². The number of carbonyl (C=O) groups excluding carboxylic acids is 4. The predicted octanol–water partition coefficient (Wildman–Crippen LogP) is 23.4. The van der Waals surface area contributed by atoms with Crippen molar-refractivity contribution in [1.82, 2.24) is 0 Å². The Morgan fingerprint density at radius 3 is 0.776 bits per heavy atom. The van der Waals surface area contributed by atoms with Crippen LogP contribution in [0.25, 0.3) is 0 Å². The lowest BCUT2D eigenvalue weighted by Crippen LogP contribution is -2.30. The van der Waals surface area contributed by atoms with Gasteiger partial charge in [-0.15, -0.1) is 0 Å². The number of aliphatic hydroxyl groups is 1. The van der Waals surface area contributed by atoms with E-state index in [-0.39, 0.29) is 25.7 Å². The van der Waals surface area contributed by atoms with Gasteiger partial charge < -0.3 is 33.8 Å². The van der Waals surface area contributed by atoms with Gasteiger partial charge in [0.2, 0.25) is 0 Å². The topological polar surface area (TPSA) is 237 Å². The van der Waals surface area contributed by atoms with E-state index in [2.05, 4.69) is 48.5 Å². The molecule has 7 atom stereocenters. The second kappa shape index (κ2) is 69.4. The van der Waals surface area contributed by atoms with Crippen molar-refractivity contribution in [3.05, 3.63) is 0 Å². The highest BCUT2D eigenvalue weighted by Gasteiger charge is 2.30. The molecule has 0 radical (unpaired) electrons. The monoisotopic (exact) mass is 1440 g/mol. The Kier molecular flexibility index (Phi) is 68.1. The molecule has 0 bridgehead atoms. The van der Waals surface area contributed by atoms with Crippen LogP contribution in [0.5, 0.6) is 0 Å². The predicted molar refractivity (Wildman–Crippen MR) is 400 cm³/mol. The lowest BCUT2D eigenvalue weighted by molar-refractivity contribution is -0.161. The molecule has 0 saturated carbocycles. The normalized spacial score (nSPS) is 14.6. The first-order valence-corrected chi connectivity index (χ1v) is 43.9. The van der Waals surface area contributed by atoms with Crippen LogP contribution in [-0.4, -0.2) is 96.7 Å². The molecule has 0 aromatic carbocycles. The third kappa shape index (κ3) is 69.8. The first kappa shape index (κ1) is 96.1. The Morgan fingerprint density at radius 1 is 0.296 bits per heavy atom. The summed E-state index contributed by atoms with van der Waals surface area (Å²) in [6, 6.07) is 0. The summed E-state index contributed by atoms with van der Waals surface area (Å²) in [6.45, 7) is 11.9. The van der Waals surface area contributed by atoms with Gasteiger partial charge in [-0.05, 0) is 43.4 Å². The highest BCUT2D eigenvalue weighted by atomic mass is 31.2. The van der Waals surface area contributed by atoms with Crippen LogP contribution >= 0.6 is 15.6 Å². The maximum absolute atomic E-state index is 13.1. The van der Waals surface area contributed by atoms with Crippen LogP contribution in [0.4, 0.5) is 0 Å². The van der Waals surface area contributed by atoms with Gasteiger partial charge in [-0.25, -0.2) is 9.13 Å². The maximum atomic E-state index is 13.1. The van der Waals surface area contributed by atoms with Gasteiger partial charge in [0.25, 0.3) is 0 Å². The van der Waals surface area contributed by atoms with Gasteiger partial charge in [-0.1, -0.05) is 357 Å². The van der Waals surface area contributed by atoms with Crippen molar-refractivity contribution in [2.45, 2.75) is 426 Å². The average molecular weight is 1440 g/mol. The van der Waals surface area contributed by atoms with Gasteiger partial charge in [0.1, 0.15) is 19.3 Å². The molecule has 3 N–H and O–H groups in total. The minimum atomic E-state index is -4.96. The Morgan fingerprint density at radius 2 is 0.520 bits per heavy atom. The van der Waals surface area contributed by atoms with Crippen molar-refractivity contribution in [2.75, 3.05) is 39.6 Å². The number of hydrogen-bond acceptors (Lipinski definition) is 15. The van der Waals surface area contributed by atoms with Crippen LogP contribution in [0.2, 0.25) is 0 Å². The number of carbonyl (C=O) groups is 4. The molecule has 0 aromatic rings. The molecule has 19 heteroatoms. The summed E-state index contributed by atoms with van der Waals surface area (Å²) in [5, 5.41) is 10.6. The van der Waals surface area contributed by atoms with E-state index in [0.717, 1.165) is 114 Å². The third-order valence-electron chi connectivity index (χ3n) is 19.1. The first-order valence-electron chi connectivity index (χ1n) is 40.9. The molecule has 17 nitrogen and oxygen atoms in total. The molecule has 0 saturated heterocycles.